The Morgan fingerprint density at radius 1 is 1.22 bits per heavy atom. The second-order valence-corrected chi connectivity index (χ2v) is 6.90. The quantitative estimate of drug-likeness (QED) is 0.559. The molecule has 1 aliphatic heterocycles. The number of aliphatic carboxylic acids is 2. The highest BCUT2D eigenvalue weighted by molar-refractivity contribution is 7.92. The van der Waals surface area contributed by atoms with Crippen LogP contribution in [0.1, 0.15) is 12.8 Å². The number of benzene rings is 1. The van der Waals surface area contributed by atoms with Crippen molar-refractivity contribution in [3.05, 3.63) is 41.4 Å². The minimum absolute atomic E-state index is 0.250. The fraction of sp³-hybridized carbons (Fsp3) is 0.333. The van der Waals surface area contributed by atoms with E-state index >= 15 is 0 Å². The van der Waals surface area contributed by atoms with Crippen LogP contribution >= 0.6 is 11.6 Å². The Labute approximate surface area is 142 Å². The van der Waals surface area contributed by atoms with E-state index in [4.69, 9.17) is 21.8 Å². The molecule has 23 heavy (non-hydrogen) atoms. The first-order chi connectivity index (χ1) is 10.9. The van der Waals surface area contributed by atoms with Gasteiger partial charge in [-0.2, -0.15) is 0 Å². The lowest BCUT2D eigenvalue weighted by Crippen LogP contribution is -2.38. The van der Waals surface area contributed by atoms with Crippen molar-refractivity contribution in [2.24, 2.45) is 0 Å². The minimum Gasteiger partial charge on any atom is -0.611 e. The highest BCUT2D eigenvalue weighted by Gasteiger charge is 2.26. The van der Waals surface area contributed by atoms with Gasteiger partial charge in [0.2, 0.25) is 0 Å². The molecule has 1 heterocycles. The number of hydrogen-bond donors (Lipinski definition) is 3. The Morgan fingerprint density at radius 2 is 1.78 bits per heavy atom. The zero-order chi connectivity index (χ0) is 17.2. The monoisotopic (exact) mass is 359 g/mol. The highest BCUT2D eigenvalue weighted by Crippen LogP contribution is 2.22. The van der Waals surface area contributed by atoms with Crippen LogP contribution in [0.15, 0.2) is 41.3 Å². The zero-order valence-electron chi connectivity index (χ0n) is 12.3. The van der Waals surface area contributed by atoms with Crippen molar-refractivity contribution in [1.82, 2.24) is 5.32 Å². The smallest absolute Gasteiger partial charge is 0.328 e. The summed E-state index contributed by atoms with van der Waals surface area (Å²) in [5.41, 5.74) is 0. The molecule has 8 heteroatoms. The van der Waals surface area contributed by atoms with Gasteiger partial charge in [0.05, 0.1) is 0 Å². The van der Waals surface area contributed by atoms with Gasteiger partial charge in [0.25, 0.3) is 0 Å². The summed E-state index contributed by atoms with van der Waals surface area (Å²) >= 11 is 4.89. The molecule has 3 N–H and O–H groups in total. The van der Waals surface area contributed by atoms with Gasteiger partial charge in [-0.05, 0) is 54.8 Å². The second-order valence-electron chi connectivity index (χ2n) is 4.73. The third-order valence-corrected chi connectivity index (χ3v) is 4.97. The van der Waals surface area contributed by atoms with Crippen LogP contribution in [0.3, 0.4) is 0 Å². The summed E-state index contributed by atoms with van der Waals surface area (Å²) in [6.45, 7) is 1.91. The van der Waals surface area contributed by atoms with E-state index in [-0.39, 0.29) is 5.25 Å². The third-order valence-electron chi connectivity index (χ3n) is 2.97. The van der Waals surface area contributed by atoms with Crippen LogP contribution in [0.4, 0.5) is 0 Å². The molecule has 1 fully saturated rings. The number of carbonyl (C=O) groups is 2. The molecule has 1 aromatic rings. The highest BCUT2D eigenvalue weighted by atomic mass is 35.5. The topological polar surface area (TPSA) is 110 Å². The molecular formula is C15H18ClNO5S. The van der Waals surface area contributed by atoms with Crippen molar-refractivity contribution in [3.63, 3.8) is 0 Å². The first-order valence-corrected chi connectivity index (χ1v) is 8.50. The Morgan fingerprint density at radius 3 is 2.22 bits per heavy atom. The normalized spacial score (nSPS) is 18.8. The predicted octanol–water partition coefficient (Wildman–Crippen LogP) is 1.91. The number of carboxylic acids is 2. The molecule has 2 rings (SSSR count). The van der Waals surface area contributed by atoms with Gasteiger partial charge in [-0.15, -0.1) is 0 Å². The third kappa shape index (κ3) is 8.03. The maximum Gasteiger partial charge on any atom is 0.328 e. The van der Waals surface area contributed by atoms with Crippen LogP contribution in [-0.4, -0.2) is 45.0 Å². The molecule has 126 valence electrons. The lowest BCUT2D eigenvalue weighted by molar-refractivity contribution is -0.134. The lowest BCUT2D eigenvalue weighted by atomic mass is 10.2. The average molecular weight is 360 g/mol. The van der Waals surface area contributed by atoms with E-state index < -0.39 is 23.1 Å². The van der Waals surface area contributed by atoms with Crippen LogP contribution < -0.4 is 5.32 Å². The Balaban J connectivity index is 0.000000284. The maximum atomic E-state index is 12.1. The summed E-state index contributed by atoms with van der Waals surface area (Å²) in [6, 6.07) is 7.30. The first-order valence-electron chi connectivity index (χ1n) is 6.91. The molecular weight excluding hydrogens is 342 g/mol. The van der Waals surface area contributed by atoms with Crippen LogP contribution in [0, 0.1) is 0 Å². The zero-order valence-corrected chi connectivity index (χ0v) is 13.8. The number of hydrogen-bond acceptors (Lipinski definition) is 4. The standard InChI is InChI=1S/C11H14ClNOS.C4H4O4/c12-9-3-5-10(6-4-9)15(14)11-2-1-7-13-8-11;5-3(6)1-2-4(7)8/h3-6,11,13H,1-2,7-8H2;1-2H,(H,5,6)(H,7,8)/b;2-1-. The second kappa shape index (κ2) is 10.3. The van der Waals surface area contributed by atoms with Crippen molar-refractivity contribution in [3.8, 4) is 0 Å². The summed E-state index contributed by atoms with van der Waals surface area (Å²) in [5.74, 6) is -2.51. The molecule has 0 amide bonds. The molecule has 0 aliphatic carbocycles. The van der Waals surface area contributed by atoms with Crippen molar-refractivity contribution in [1.29, 1.82) is 0 Å². The van der Waals surface area contributed by atoms with Gasteiger partial charge in [-0.3, -0.25) is 0 Å². The van der Waals surface area contributed by atoms with E-state index in [0.717, 1.165) is 30.8 Å². The van der Waals surface area contributed by atoms with Crippen LogP contribution in [0.25, 0.3) is 0 Å². The molecule has 6 nitrogen and oxygen atoms in total. The molecule has 0 bridgehead atoms. The van der Waals surface area contributed by atoms with Gasteiger partial charge in [-0.1, -0.05) is 11.6 Å². The summed E-state index contributed by atoms with van der Waals surface area (Å²) in [4.78, 5) is 20.0. The van der Waals surface area contributed by atoms with E-state index in [2.05, 4.69) is 5.32 Å². The fourth-order valence-corrected chi connectivity index (χ4v) is 3.47. The summed E-state index contributed by atoms with van der Waals surface area (Å²) < 4.78 is 12.1. The van der Waals surface area contributed by atoms with Gasteiger partial charge in [0.1, 0.15) is 5.25 Å². The van der Waals surface area contributed by atoms with Crippen molar-refractivity contribution in [2.45, 2.75) is 23.0 Å². The molecule has 0 spiro atoms. The molecule has 1 aliphatic rings. The predicted molar refractivity (Wildman–Crippen MR) is 88.2 cm³/mol. The molecule has 1 saturated heterocycles. The lowest BCUT2D eigenvalue weighted by Gasteiger charge is -2.25. The Hall–Kier alpha value is -1.54. The molecule has 0 saturated carbocycles. The molecule has 0 aromatic heterocycles. The van der Waals surface area contributed by atoms with Crippen molar-refractivity contribution < 1.29 is 24.4 Å². The Kier molecular flexibility index (Phi) is 8.71. The van der Waals surface area contributed by atoms with Crippen molar-refractivity contribution in [2.75, 3.05) is 13.1 Å². The number of piperidine rings is 1. The van der Waals surface area contributed by atoms with E-state index in [9.17, 15) is 14.1 Å². The van der Waals surface area contributed by atoms with Crippen LogP contribution in [0.2, 0.25) is 5.02 Å². The van der Waals surface area contributed by atoms with Gasteiger partial charge < -0.3 is 20.1 Å². The van der Waals surface area contributed by atoms with E-state index in [0.29, 0.717) is 17.2 Å². The molecule has 2 atom stereocenters. The van der Waals surface area contributed by atoms with Gasteiger partial charge in [0, 0.05) is 23.7 Å². The van der Waals surface area contributed by atoms with Gasteiger partial charge in [-0.25, -0.2) is 9.59 Å². The SMILES string of the molecule is O=C(O)/C=C\C(=O)O.[O-][S+](c1ccc(Cl)cc1)C1CCCNC1. The first kappa shape index (κ1) is 19.5. The minimum atomic E-state index is -1.26. The largest absolute Gasteiger partial charge is 0.611 e. The molecule has 2 unspecified atom stereocenters. The van der Waals surface area contributed by atoms with Crippen LogP contribution in [-0.2, 0) is 20.8 Å². The summed E-state index contributed by atoms with van der Waals surface area (Å²) in [7, 11) is 0. The van der Waals surface area contributed by atoms with Gasteiger partial charge in [0.15, 0.2) is 4.90 Å². The summed E-state index contributed by atoms with van der Waals surface area (Å²) in [6.07, 6.45) is 3.27. The number of nitrogens with one attached hydrogen (secondary N) is 1. The van der Waals surface area contributed by atoms with Crippen molar-refractivity contribution >= 4 is 34.7 Å². The van der Waals surface area contributed by atoms with E-state index in [1.165, 1.54) is 0 Å². The summed E-state index contributed by atoms with van der Waals surface area (Å²) in [5, 5.41) is 19.8. The van der Waals surface area contributed by atoms with Gasteiger partial charge >= 0.3 is 11.9 Å². The number of rotatable bonds is 4. The van der Waals surface area contributed by atoms with E-state index in [1.54, 1.807) is 12.1 Å². The van der Waals surface area contributed by atoms with Crippen LogP contribution in [0.5, 0.6) is 0 Å². The maximum absolute atomic E-state index is 12.1. The molecule has 0 radical (unpaired) electrons. The number of halogens is 1. The average Bonchev–Trinajstić information content (AvgIpc) is 2.54. The fourth-order valence-electron chi connectivity index (χ4n) is 1.91. The molecule has 1 aromatic carbocycles. The number of carboxylic acid groups (broad SMARTS) is 2. The Bertz CT molecular complexity index is 527. The van der Waals surface area contributed by atoms with E-state index in [1.807, 2.05) is 12.1 Å².